The zero-order valence-corrected chi connectivity index (χ0v) is 19.9. The van der Waals surface area contributed by atoms with Gasteiger partial charge in [0, 0.05) is 20.1 Å². The number of carbonyl (C=O) groups is 2. The van der Waals surface area contributed by atoms with Gasteiger partial charge in [0.1, 0.15) is 11.9 Å². The van der Waals surface area contributed by atoms with Crippen LogP contribution in [0.15, 0.2) is 18.2 Å². The van der Waals surface area contributed by atoms with Crippen molar-refractivity contribution in [3.63, 3.8) is 0 Å². The minimum Gasteiger partial charge on any atom is -0.395 e. The van der Waals surface area contributed by atoms with E-state index in [9.17, 15) is 18.4 Å². The van der Waals surface area contributed by atoms with Gasteiger partial charge in [-0.3, -0.25) is 9.59 Å². The highest BCUT2D eigenvalue weighted by atomic mass is 19.3. The van der Waals surface area contributed by atoms with Crippen molar-refractivity contribution in [2.75, 3.05) is 20.6 Å². The van der Waals surface area contributed by atoms with Crippen molar-refractivity contribution in [3.8, 4) is 22.9 Å². The van der Waals surface area contributed by atoms with Gasteiger partial charge in [-0.25, -0.2) is 4.98 Å². The van der Waals surface area contributed by atoms with Crippen molar-refractivity contribution in [3.05, 3.63) is 29.6 Å². The summed E-state index contributed by atoms with van der Waals surface area (Å²) in [6.07, 6.45) is -3.00. The lowest BCUT2D eigenvalue weighted by Gasteiger charge is -2.29. The Kier molecular flexibility index (Phi) is 6.01. The fourth-order valence-electron chi connectivity index (χ4n) is 4.27. The van der Waals surface area contributed by atoms with E-state index in [4.69, 9.17) is 4.74 Å². The highest BCUT2D eigenvalue weighted by Gasteiger charge is 2.45. The third-order valence-corrected chi connectivity index (χ3v) is 5.95. The molecule has 0 bridgehead atoms. The number of imidazole rings is 1. The molecule has 184 valence electrons. The molecule has 34 heavy (non-hydrogen) atoms. The number of benzene rings is 1. The van der Waals surface area contributed by atoms with Crippen molar-refractivity contribution in [1.82, 2.24) is 25.1 Å². The summed E-state index contributed by atoms with van der Waals surface area (Å²) in [5.41, 5.74) is 0.534. The van der Waals surface area contributed by atoms with Crippen LogP contribution < -0.4 is 20.1 Å². The SMILES string of the molecule is CNC(=O)[C@@H](NC(=O)c1nc(-c2cccc3c2OC(F)(F)O3)n2c1CN(C)CCC2)C(C)(C)C. The number of amides is 2. The Labute approximate surface area is 196 Å². The first kappa shape index (κ1) is 23.9. The molecule has 1 atom stereocenters. The molecule has 2 aliphatic rings. The number of likely N-dealkylation sites (N-methyl/N-ethyl adjacent to an activating group) is 1. The Bertz CT molecular complexity index is 1130. The monoisotopic (exact) mass is 477 g/mol. The van der Waals surface area contributed by atoms with Gasteiger partial charge in [0.15, 0.2) is 17.2 Å². The Balaban J connectivity index is 1.80. The van der Waals surface area contributed by atoms with Crippen LogP contribution in [0.2, 0.25) is 0 Å². The van der Waals surface area contributed by atoms with Gasteiger partial charge in [-0.15, -0.1) is 8.78 Å². The van der Waals surface area contributed by atoms with E-state index < -0.39 is 23.7 Å². The maximum Gasteiger partial charge on any atom is 0.586 e. The molecule has 2 N–H and O–H groups in total. The Morgan fingerprint density at radius 1 is 1.21 bits per heavy atom. The molecular weight excluding hydrogens is 448 g/mol. The van der Waals surface area contributed by atoms with E-state index in [1.807, 2.05) is 32.4 Å². The number of hydrogen-bond acceptors (Lipinski definition) is 6. The van der Waals surface area contributed by atoms with E-state index in [2.05, 4.69) is 25.3 Å². The first-order valence-corrected chi connectivity index (χ1v) is 11.1. The number of rotatable bonds is 4. The number of carbonyl (C=O) groups excluding carboxylic acids is 2. The summed E-state index contributed by atoms with van der Waals surface area (Å²) in [5, 5.41) is 5.40. The molecule has 4 rings (SSSR count). The number of nitrogens with zero attached hydrogens (tertiary/aromatic N) is 3. The number of fused-ring (bicyclic) bond motifs is 2. The van der Waals surface area contributed by atoms with E-state index in [0.29, 0.717) is 30.2 Å². The number of ether oxygens (including phenoxy) is 2. The van der Waals surface area contributed by atoms with E-state index in [0.717, 1.165) is 13.0 Å². The van der Waals surface area contributed by atoms with Gasteiger partial charge in [-0.2, -0.15) is 0 Å². The number of alkyl halides is 2. The second-order valence-electron chi connectivity index (χ2n) is 9.66. The van der Waals surface area contributed by atoms with Crippen LogP contribution in [0.1, 0.15) is 43.4 Å². The van der Waals surface area contributed by atoms with Crippen LogP contribution in [0.25, 0.3) is 11.4 Å². The molecule has 0 aliphatic carbocycles. The fraction of sp³-hybridized carbons (Fsp3) is 0.522. The quantitative estimate of drug-likeness (QED) is 0.703. The number of hydrogen-bond donors (Lipinski definition) is 2. The van der Waals surface area contributed by atoms with Crippen molar-refractivity contribution in [2.45, 2.75) is 52.6 Å². The van der Waals surface area contributed by atoms with Gasteiger partial charge in [0.05, 0.1) is 11.3 Å². The summed E-state index contributed by atoms with van der Waals surface area (Å²) in [5.74, 6) is -0.714. The zero-order valence-electron chi connectivity index (χ0n) is 19.9. The molecule has 9 nitrogen and oxygen atoms in total. The molecule has 0 spiro atoms. The second kappa shape index (κ2) is 8.53. The standard InChI is InChI=1S/C23H29F2N5O4/c1-22(2,3)18(21(32)26-4)28-20(31)16-14-12-29(5)10-7-11-30(14)19(27-16)13-8-6-9-15-17(13)34-23(24,25)33-15/h6,8-9,18H,7,10-12H2,1-5H3,(H,26,32)(H,28,31)/t18-/m1/s1. The smallest absolute Gasteiger partial charge is 0.395 e. The van der Waals surface area contributed by atoms with Crippen LogP contribution in [-0.2, 0) is 17.9 Å². The van der Waals surface area contributed by atoms with Gasteiger partial charge < -0.3 is 29.6 Å². The molecular formula is C23H29F2N5O4. The molecule has 0 radical (unpaired) electrons. The Hall–Kier alpha value is -3.21. The lowest BCUT2D eigenvalue weighted by Crippen LogP contribution is -2.53. The number of aromatic nitrogens is 2. The summed E-state index contributed by atoms with van der Waals surface area (Å²) >= 11 is 0. The maximum absolute atomic E-state index is 13.8. The molecule has 2 amide bonds. The number of para-hydroxylation sites is 1. The topological polar surface area (TPSA) is 97.7 Å². The molecule has 0 saturated carbocycles. The number of nitrogens with one attached hydrogen (secondary N) is 2. The average molecular weight is 478 g/mol. The highest BCUT2D eigenvalue weighted by molar-refractivity contribution is 5.98. The molecule has 11 heteroatoms. The summed E-state index contributed by atoms with van der Waals surface area (Å²) in [7, 11) is 3.45. The first-order valence-electron chi connectivity index (χ1n) is 11.1. The predicted molar refractivity (Wildman–Crippen MR) is 120 cm³/mol. The molecule has 1 aromatic heterocycles. The van der Waals surface area contributed by atoms with Gasteiger partial charge in [0.25, 0.3) is 5.91 Å². The Morgan fingerprint density at radius 3 is 2.62 bits per heavy atom. The highest BCUT2D eigenvalue weighted by Crippen LogP contribution is 2.47. The second-order valence-corrected chi connectivity index (χ2v) is 9.66. The first-order chi connectivity index (χ1) is 15.9. The third-order valence-electron chi connectivity index (χ3n) is 5.95. The average Bonchev–Trinajstić information content (AvgIpc) is 3.18. The van der Waals surface area contributed by atoms with Crippen LogP contribution in [0, 0.1) is 5.41 Å². The Morgan fingerprint density at radius 2 is 1.94 bits per heavy atom. The lowest BCUT2D eigenvalue weighted by molar-refractivity contribution is -0.286. The fourth-order valence-corrected chi connectivity index (χ4v) is 4.27. The van der Waals surface area contributed by atoms with Crippen LogP contribution in [0.3, 0.4) is 0 Å². The molecule has 2 aromatic rings. The minimum absolute atomic E-state index is 0.0935. The van der Waals surface area contributed by atoms with Gasteiger partial charge in [0.2, 0.25) is 5.91 Å². The molecule has 3 heterocycles. The normalized spacial score (nSPS) is 18.1. The van der Waals surface area contributed by atoms with E-state index in [1.165, 1.54) is 13.1 Å². The van der Waals surface area contributed by atoms with E-state index >= 15 is 0 Å². The van der Waals surface area contributed by atoms with E-state index in [-0.39, 0.29) is 23.1 Å². The largest absolute Gasteiger partial charge is 0.586 e. The van der Waals surface area contributed by atoms with Crippen molar-refractivity contribution in [1.29, 1.82) is 0 Å². The van der Waals surface area contributed by atoms with Crippen molar-refractivity contribution >= 4 is 11.8 Å². The summed E-state index contributed by atoms with van der Waals surface area (Å²) in [4.78, 5) is 32.6. The molecule has 0 unspecified atom stereocenters. The maximum atomic E-state index is 13.8. The van der Waals surface area contributed by atoms with E-state index in [1.54, 1.807) is 12.1 Å². The van der Waals surface area contributed by atoms with Crippen molar-refractivity contribution < 1.29 is 27.8 Å². The summed E-state index contributed by atoms with van der Waals surface area (Å²) in [6, 6.07) is 3.78. The van der Waals surface area contributed by atoms with Gasteiger partial charge in [-0.1, -0.05) is 26.8 Å². The molecule has 0 fully saturated rings. The lowest BCUT2D eigenvalue weighted by atomic mass is 9.86. The van der Waals surface area contributed by atoms with Crippen LogP contribution in [-0.4, -0.2) is 59.2 Å². The minimum atomic E-state index is -3.78. The molecule has 2 aliphatic heterocycles. The number of halogens is 2. The third kappa shape index (κ3) is 4.44. The summed E-state index contributed by atoms with van der Waals surface area (Å²) < 4.78 is 38.8. The van der Waals surface area contributed by atoms with Crippen LogP contribution in [0.4, 0.5) is 8.78 Å². The summed E-state index contributed by atoms with van der Waals surface area (Å²) in [6.45, 7) is 7.31. The predicted octanol–water partition coefficient (Wildman–Crippen LogP) is 2.60. The molecule has 1 aromatic carbocycles. The van der Waals surface area contributed by atoms with Crippen LogP contribution >= 0.6 is 0 Å². The zero-order chi connectivity index (χ0) is 24.8. The van der Waals surface area contributed by atoms with Gasteiger partial charge in [-0.05, 0) is 37.6 Å². The molecule has 0 saturated heterocycles. The van der Waals surface area contributed by atoms with Gasteiger partial charge >= 0.3 is 6.29 Å². The van der Waals surface area contributed by atoms with Crippen LogP contribution in [0.5, 0.6) is 11.5 Å². The van der Waals surface area contributed by atoms with Crippen molar-refractivity contribution in [2.24, 2.45) is 5.41 Å².